The van der Waals surface area contributed by atoms with Gasteiger partial charge in [0, 0.05) is 19.4 Å². The summed E-state index contributed by atoms with van der Waals surface area (Å²) in [6.07, 6.45) is 45.5. The number of allylic oxidation sites excluding steroid dienone is 8. The molecule has 55 heavy (non-hydrogen) atoms. The van der Waals surface area contributed by atoms with Crippen molar-refractivity contribution >= 4 is 17.9 Å². The molecule has 0 fully saturated rings. The maximum atomic E-state index is 12.3. The molecule has 310 valence electrons. The molecule has 0 bridgehead atoms. The van der Waals surface area contributed by atoms with Gasteiger partial charge in [-0.1, -0.05) is 118 Å². The molecular weight excluding hydrogens is 687 g/mol. The van der Waals surface area contributed by atoms with E-state index in [1.807, 2.05) is 19.0 Å². The van der Waals surface area contributed by atoms with Crippen molar-refractivity contribution < 1.29 is 29.3 Å². The van der Waals surface area contributed by atoms with Crippen LogP contribution in [-0.2, 0) is 38.6 Å². The Morgan fingerprint density at radius 2 is 0.855 bits per heavy atom. The van der Waals surface area contributed by atoms with Gasteiger partial charge in [-0.15, -0.1) is 0 Å². The fraction of sp³-hybridized carbons (Fsp3) is 0.646. The summed E-state index contributed by atoms with van der Waals surface area (Å²) in [6, 6.07) is 6.84. The third-order valence-electron chi connectivity index (χ3n) is 9.68. The Bertz CT molecular complexity index is 1170. The van der Waals surface area contributed by atoms with Gasteiger partial charge >= 0.3 is 17.9 Å². The first-order valence-corrected chi connectivity index (χ1v) is 21.7. The number of carbonyl (C=O) groups is 3. The predicted octanol–water partition coefficient (Wildman–Crippen LogP) is 12.5. The van der Waals surface area contributed by atoms with Crippen LogP contribution in [0, 0.1) is 0 Å². The van der Waals surface area contributed by atoms with E-state index in [2.05, 4.69) is 66.8 Å². The van der Waals surface area contributed by atoms with Crippen molar-refractivity contribution in [2.24, 2.45) is 0 Å². The predicted molar refractivity (Wildman–Crippen MR) is 229 cm³/mol. The lowest BCUT2D eigenvalue weighted by Gasteiger charge is -2.12. The van der Waals surface area contributed by atoms with Crippen LogP contribution >= 0.6 is 0 Å². The van der Waals surface area contributed by atoms with Crippen LogP contribution in [0.25, 0.3) is 0 Å². The number of rotatable bonds is 37. The second-order valence-electron chi connectivity index (χ2n) is 15.3. The summed E-state index contributed by atoms with van der Waals surface area (Å²) in [5.41, 5.74) is 3.80. The molecule has 0 radical (unpaired) electrons. The summed E-state index contributed by atoms with van der Waals surface area (Å²) < 4.78 is 5.65. The van der Waals surface area contributed by atoms with Crippen molar-refractivity contribution in [3.8, 4) is 0 Å². The Morgan fingerprint density at radius 3 is 1.25 bits per heavy atom. The Hall–Kier alpha value is -3.45. The van der Waals surface area contributed by atoms with Crippen LogP contribution in [0.2, 0.25) is 0 Å². The van der Waals surface area contributed by atoms with Crippen LogP contribution < -0.4 is 0 Å². The summed E-state index contributed by atoms with van der Waals surface area (Å²) in [4.78, 5) is 35.4. The summed E-state index contributed by atoms with van der Waals surface area (Å²) in [5.74, 6) is -1.52. The van der Waals surface area contributed by atoms with Crippen molar-refractivity contribution in [2.45, 2.75) is 180 Å². The normalized spacial score (nSPS) is 12.0. The van der Waals surface area contributed by atoms with Crippen molar-refractivity contribution in [2.75, 3.05) is 20.6 Å². The molecule has 7 heteroatoms. The number of carboxylic acid groups (broad SMARTS) is 2. The molecule has 1 rings (SSSR count). The molecule has 1 aromatic carbocycles. The maximum absolute atomic E-state index is 12.3. The Labute approximate surface area is 335 Å². The minimum Gasteiger partial charge on any atom is -0.481 e. The van der Waals surface area contributed by atoms with Gasteiger partial charge in [0.1, 0.15) is 6.61 Å². The average Bonchev–Trinajstić information content (AvgIpc) is 3.15. The van der Waals surface area contributed by atoms with Crippen molar-refractivity contribution in [3.05, 3.63) is 83.5 Å². The quantitative estimate of drug-likeness (QED) is 0.0395. The first-order valence-electron chi connectivity index (χ1n) is 21.7. The third-order valence-corrected chi connectivity index (χ3v) is 9.68. The summed E-state index contributed by atoms with van der Waals surface area (Å²) in [6.45, 7) is 1.04. The minimum atomic E-state index is -0.689. The van der Waals surface area contributed by atoms with E-state index in [1.54, 1.807) is 0 Å². The number of carboxylic acids is 2. The second-order valence-corrected chi connectivity index (χ2v) is 15.3. The molecule has 7 nitrogen and oxygen atoms in total. The smallest absolute Gasteiger partial charge is 0.307 e. The van der Waals surface area contributed by atoms with Gasteiger partial charge in [0.2, 0.25) is 0 Å². The molecule has 2 N–H and O–H groups in total. The van der Waals surface area contributed by atoms with Gasteiger partial charge in [0.05, 0.1) is 6.42 Å². The van der Waals surface area contributed by atoms with E-state index in [9.17, 15) is 14.4 Å². The zero-order valence-corrected chi connectivity index (χ0v) is 34.8. The lowest BCUT2D eigenvalue weighted by Crippen LogP contribution is -2.18. The average molecular weight is 764 g/mol. The van der Waals surface area contributed by atoms with Gasteiger partial charge in [-0.2, -0.15) is 0 Å². The van der Waals surface area contributed by atoms with Crippen molar-refractivity contribution in [1.29, 1.82) is 0 Å². The molecule has 0 spiro atoms. The lowest BCUT2D eigenvalue weighted by molar-refractivity contribution is -0.145. The molecule has 0 aliphatic carbocycles. The lowest BCUT2D eigenvalue weighted by atomic mass is 9.97. The van der Waals surface area contributed by atoms with E-state index in [4.69, 9.17) is 14.9 Å². The number of unbranched alkanes of at least 4 members (excludes halogenated alkanes) is 16. The zero-order valence-electron chi connectivity index (χ0n) is 34.8. The Balaban J connectivity index is 2.34. The Morgan fingerprint density at radius 1 is 0.491 bits per heavy atom. The fourth-order valence-electron chi connectivity index (χ4n) is 6.45. The largest absolute Gasteiger partial charge is 0.481 e. The SMILES string of the molecule is CN(C)CCC(=O)OCc1cc(CCCCC/C=C\C/C=C\CCCCCCCC(=O)O)cc(CCCCC/C=C\C/C=C\CCCCCCCC(=O)O)c1. The molecule has 0 atom stereocenters. The number of ether oxygens (including phenoxy) is 1. The topological polar surface area (TPSA) is 104 Å². The molecular formula is C48H77NO6. The molecule has 0 saturated carbocycles. The molecule has 1 aromatic rings. The fourth-order valence-corrected chi connectivity index (χ4v) is 6.45. The van der Waals surface area contributed by atoms with E-state index in [1.165, 1.54) is 62.5 Å². The van der Waals surface area contributed by atoms with Gasteiger partial charge < -0.3 is 19.8 Å². The van der Waals surface area contributed by atoms with E-state index in [0.29, 0.717) is 32.4 Å². The van der Waals surface area contributed by atoms with Crippen LogP contribution in [0.15, 0.2) is 66.8 Å². The number of nitrogens with zero attached hydrogens (tertiary/aromatic N) is 1. The number of benzene rings is 1. The number of carbonyl (C=O) groups excluding carboxylic acids is 1. The van der Waals surface area contributed by atoms with Crippen molar-refractivity contribution in [3.63, 3.8) is 0 Å². The van der Waals surface area contributed by atoms with Crippen LogP contribution in [0.1, 0.15) is 177 Å². The first kappa shape index (κ1) is 49.6. The molecule has 0 aliphatic heterocycles. The summed E-state index contributed by atoms with van der Waals surface area (Å²) in [5, 5.41) is 17.4. The molecule has 0 amide bonds. The van der Waals surface area contributed by atoms with Gasteiger partial charge in [-0.05, 0) is 134 Å². The van der Waals surface area contributed by atoms with Gasteiger partial charge in [0.25, 0.3) is 0 Å². The van der Waals surface area contributed by atoms with Gasteiger partial charge in [-0.25, -0.2) is 0 Å². The standard InChI is InChI=1S/C48H77NO6/c1-49(2)38-37-48(54)55-42-45-40-43(33-29-25-21-17-13-9-5-3-7-11-15-19-23-27-31-35-46(50)51)39-44(41-45)34-30-26-22-18-14-10-6-4-8-12-16-20-24-28-32-36-47(52)53/h3-4,7-10,13-14,39-41H,5-6,11-12,15-38,42H2,1-2H3,(H,50,51)(H,52,53)/b7-3-,8-4-,13-9-,14-10-. The van der Waals surface area contributed by atoms with Crippen LogP contribution in [-0.4, -0.2) is 53.7 Å². The number of hydrogen-bond acceptors (Lipinski definition) is 5. The highest BCUT2D eigenvalue weighted by atomic mass is 16.5. The van der Waals surface area contributed by atoms with Crippen molar-refractivity contribution in [1.82, 2.24) is 4.90 Å². The van der Waals surface area contributed by atoms with Crippen LogP contribution in [0.3, 0.4) is 0 Å². The van der Waals surface area contributed by atoms with E-state index >= 15 is 0 Å². The number of esters is 1. The van der Waals surface area contributed by atoms with E-state index in [-0.39, 0.29) is 5.97 Å². The van der Waals surface area contributed by atoms with Crippen LogP contribution in [0.5, 0.6) is 0 Å². The number of hydrogen-bond donors (Lipinski definition) is 2. The maximum Gasteiger partial charge on any atom is 0.307 e. The highest BCUT2D eigenvalue weighted by Gasteiger charge is 2.07. The number of aliphatic carboxylic acids is 2. The van der Waals surface area contributed by atoms with Crippen LogP contribution in [0.4, 0.5) is 0 Å². The first-order chi connectivity index (χ1) is 26.8. The van der Waals surface area contributed by atoms with Gasteiger partial charge in [0.15, 0.2) is 0 Å². The minimum absolute atomic E-state index is 0.142. The van der Waals surface area contributed by atoms with Gasteiger partial charge in [-0.3, -0.25) is 14.4 Å². The molecule has 0 unspecified atom stereocenters. The monoisotopic (exact) mass is 764 g/mol. The molecule has 0 saturated heterocycles. The zero-order chi connectivity index (χ0) is 40.0. The van der Waals surface area contributed by atoms with E-state index < -0.39 is 11.9 Å². The molecule has 0 aliphatic rings. The summed E-state index contributed by atoms with van der Waals surface area (Å²) >= 11 is 0. The summed E-state index contributed by atoms with van der Waals surface area (Å²) in [7, 11) is 3.93. The molecule has 0 aromatic heterocycles. The Kier molecular flexibility index (Phi) is 32.6. The van der Waals surface area contributed by atoms with E-state index in [0.717, 1.165) is 108 Å². The highest BCUT2D eigenvalue weighted by Crippen LogP contribution is 2.18. The highest BCUT2D eigenvalue weighted by molar-refractivity contribution is 5.69. The number of aryl methyl sites for hydroxylation is 2. The third kappa shape index (κ3) is 34.8. The molecule has 0 heterocycles. The second kappa shape index (κ2) is 36.2.